The predicted molar refractivity (Wildman–Crippen MR) is 120 cm³/mol. The van der Waals surface area contributed by atoms with Gasteiger partial charge in [-0.2, -0.15) is 0 Å². The van der Waals surface area contributed by atoms with Gasteiger partial charge in [-0.05, 0) is 49.7 Å². The zero-order valence-electron chi connectivity index (χ0n) is 17.3. The van der Waals surface area contributed by atoms with Crippen LogP contribution >= 0.6 is 0 Å². The molecule has 7 heteroatoms. The van der Waals surface area contributed by atoms with Crippen molar-refractivity contribution >= 4 is 16.8 Å². The van der Waals surface area contributed by atoms with Crippen molar-refractivity contribution in [2.75, 3.05) is 6.54 Å². The van der Waals surface area contributed by atoms with Gasteiger partial charge in [-0.3, -0.25) is 14.4 Å². The summed E-state index contributed by atoms with van der Waals surface area (Å²) in [6.45, 7) is 4.24. The Hall–Kier alpha value is -4.00. The zero-order chi connectivity index (χ0) is 22.0. The average Bonchev–Trinajstić information content (AvgIpc) is 2.77. The lowest BCUT2D eigenvalue weighted by atomic mass is 10.1. The highest BCUT2D eigenvalue weighted by Gasteiger charge is 2.19. The van der Waals surface area contributed by atoms with Crippen LogP contribution in [0.3, 0.4) is 0 Å². The summed E-state index contributed by atoms with van der Waals surface area (Å²) in [5.41, 5.74) is 2.49. The van der Waals surface area contributed by atoms with Gasteiger partial charge in [0.05, 0.1) is 17.4 Å². The van der Waals surface area contributed by atoms with E-state index in [1.54, 1.807) is 30.3 Å². The number of carbonyl (C=O) groups is 1. The second-order valence-electron chi connectivity index (χ2n) is 7.33. The molecular weight excluding hydrogens is 392 g/mol. The highest BCUT2D eigenvalue weighted by molar-refractivity contribution is 5.94. The fourth-order valence-electron chi connectivity index (χ4n) is 3.51. The number of nitrogens with zero attached hydrogens (tertiary/aromatic N) is 2. The maximum absolute atomic E-state index is 13.0. The molecule has 2 aromatic heterocycles. The van der Waals surface area contributed by atoms with E-state index in [0.717, 1.165) is 11.1 Å². The highest BCUT2D eigenvalue weighted by Crippen LogP contribution is 2.17. The van der Waals surface area contributed by atoms with E-state index in [0.29, 0.717) is 29.0 Å². The maximum Gasteiger partial charge on any atom is 0.261 e. The van der Waals surface area contributed by atoms with E-state index in [4.69, 9.17) is 0 Å². The molecule has 1 amide bonds. The molecule has 0 aliphatic carbocycles. The smallest absolute Gasteiger partial charge is 0.261 e. The summed E-state index contributed by atoms with van der Waals surface area (Å²) >= 11 is 0. The van der Waals surface area contributed by atoms with Gasteiger partial charge in [0.1, 0.15) is 11.4 Å². The van der Waals surface area contributed by atoms with Crippen LogP contribution < -0.4 is 11.1 Å². The third-order valence-corrected chi connectivity index (χ3v) is 5.14. The topological polar surface area (TPSA) is 98.9 Å². The number of benzene rings is 2. The Balaban J connectivity index is 1.62. The van der Waals surface area contributed by atoms with Crippen molar-refractivity contribution in [3.63, 3.8) is 0 Å². The minimum absolute atomic E-state index is 0.0430. The first-order chi connectivity index (χ1) is 15.0. The first kappa shape index (κ1) is 20.3. The average molecular weight is 414 g/mol. The summed E-state index contributed by atoms with van der Waals surface area (Å²) in [6, 6.07) is 18.0. The molecule has 4 aromatic rings. The Morgan fingerprint density at radius 2 is 1.77 bits per heavy atom. The van der Waals surface area contributed by atoms with E-state index >= 15 is 0 Å². The number of para-hydroxylation sites is 1. The molecule has 0 atom stereocenters. The largest absolute Gasteiger partial charge is 0.331 e. The number of aromatic nitrogens is 3. The van der Waals surface area contributed by atoms with Gasteiger partial charge in [0.15, 0.2) is 0 Å². The van der Waals surface area contributed by atoms with E-state index in [1.807, 2.05) is 38.1 Å². The third-order valence-electron chi connectivity index (χ3n) is 5.14. The number of amides is 1. The normalized spacial score (nSPS) is 10.9. The van der Waals surface area contributed by atoms with Gasteiger partial charge in [0.25, 0.3) is 17.0 Å². The van der Waals surface area contributed by atoms with Crippen LogP contribution in [0.1, 0.15) is 28.7 Å². The van der Waals surface area contributed by atoms with Gasteiger partial charge in [0.2, 0.25) is 0 Å². The number of rotatable bonds is 5. The fraction of sp³-hybridized carbons (Fsp3) is 0.167. The number of fused-ring (bicyclic) bond motifs is 1. The number of nitrogens with one attached hydrogen (secondary N) is 2. The number of aromatic amines is 2. The van der Waals surface area contributed by atoms with Gasteiger partial charge in [-0.15, -0.1) is 0 Å². The van der Waals surface area contributed by atoms with Gasteiger partial charge in [-0.25, -0.2) is 4.98 Å². The number of carbonyl (C=O) groups excluding carboxylic acids is 1. The van der Waals surface area contributed by atoms with E-state index in [9.17, 15) is 14.4 Å². The molecule has 0 radical (unpaired) electrons. The lowest BCUT2D eigenvalue weighted by Gasteiger charge is -2.20. The van der Waals surface area contributed by atoms with Gasteiger partial charge >= 0.3 is 0 Å². The molecule has 0 saturated carbocycles. The van der Waals surface area contributed by atoms with E-state index in [1.165, 1.54) is 11.0 Å². The van der Waals surface area contributed by atoms with E-state index in [-0.39, 0.29) is 17.7 Å². The van der Waals surface area contributed by atoms with Gasteiger partial charge in [-0.1, -0.05) is 35.9 Å². The minimum atomic E-state index is -0.456. The quantitative estimate of drug-likeness (QED) is 0.524. The predicted octanol–water partition coefficient (Wildman–Crippen LogP) is 3.25. The van der Waals surface area contributed by atoms with Crippen LogP contribution in [-0.2, 0) is 6.54 Å². The molecule has 156 valence electrons. The summed E-state index contributed by atoms with van der Waals surface area (Å²) in [5.74, 6) is -0.0536. The first-order valence-electron chi connectivity index (χ1n) is 10.0. The van der Waals surface area contributed by atoms with Crippen LogP contribution in [0.2, 0.25) is 0 Å². The summed E-state index contributed by atoms with van der Waals surface area (Å²) in [5, 5.41) is 0.490. The molecule has 0 bridgehead atoms. The van der Waals surface area contributed by atoms with Crippen molar-refractivity contribution in [1.29, 1.82) is 0 Å². The van der Waals surface area contributed by atoms with Crippen molar-refractivity contribution in [1.82, 2.24) is 19.9 Å². The van der Waals surface area contributed by atoms with Gasteiger partial charge in [0, 0.05) is 12.2 Å². The number of H-pyrrole nitrogens is 2. The highest BCUT2D eigenvalue weighted by atomic mass is 16.2. The Bertz CT molecular complexity index is 1390. The fourth-order valence-corrected chi connectivity index (χ4v) is 3.51. The number of hydrogen-bond donors (Lipinski definition) is 2. The van der Waals surface area contributed by atoms with Crippen molar-refractivity contribution in [3.8, 4) is 11.3 Å². The SMILES string of the molecule is CCN(Cc1nc2ccccc2c(=O)[nH]1)C(=O)c1ccc(-c2cccc(C)c2)[nH]c1=O. The molecule has 2 N–H and O–H groups in total. The standard InChI is InChI=1S/C24H22N4O3/c1-3-28(14-21-25-20-10-5-4-9-17(20)22(29)27-21)24(31)18-11-12-19(26-23(18)30)16-8-6-7-15(2)13-16/h4-13H,3,14H2,1-2H3,(H,26,30)(H,25,27,29). The van der Waals surface area contributed by atoms with Crippen molar-refractivity contribution in [3.05, 3.63) is 98.3 Å². The lowest BCUT2D eigenvalue weighted by molar-refractivity contribution is 0.0746. The molecular formula is C24H22N4O3. The summed E-state index contributed by atoms with van der Waals surface area (Å²) in [7, 11) is 0. The van der Waals surface area contributed by atoms with Crippen LogP contribution in [-0.4, -0.2) is 32.3 Å². The van der Waals surface area contributed by atoms with E-state index in [2.05, 4.69) is 15.0 Å². The molecule has 4 rings (SSSR count). The molecule has 2 aromatic carbocycles. The lowest BCUT2D eigenvalue weighted by Crippen LogP contribution is -2.35. The second-order valence-corrected chi connectivity index (χ2v) is 7.33. The molecule has 0 aliphatic rings. The number of aryl methyl sites for hydroxylation is 1. The molecule has 0 fully saturated rings. The Labute approximate surface area is 178 Å². The summed E-state index contributed by atoms with van der Waals surface area (Å²) < 4.78 is 0. The molecule has 0 aliphatic heterocycles. The Kier molecular flexibility index (Phi) is 5.49. The molecule has 0 spiro atoms. The van der Waals surface area contributed by atoms with Crippen LogP contribution in [0.5, 0.6) is 0 Å². The van der Waals surface area contributed by atoms with Crippen LogP contribution in [0.25, 0.3) is 22.2 Å². The van der Waals surface area contributed by atoms with Crippen LogP contribution in [0.4, 0.5) is 0 Å². The van der Waals surface area contributed by atoms with Crippen LogP contribution in [0.15, 0.2) is 70.3 Å². The van der Waals surface area contributed by atoms with Crippen LogP contribution in [0, 0.1) is 6.92 Å². The molecule has 2 heterocycles. The second kappa shape index (κ2) is 8.39. The van der Waals surface area contributed by atoms with Gasteiger partial charge < -0.3 is 14.9 Å². The summed E-state index contributed by atoms with van der Waals surface area (Å²) in [4.78, 5) is 49.5. The Morgan fingerprint density at radius 1 is 0.968 bits per heavy atom. The Morgan fingerprint density at radius 3 is 2.52 bits per heavy atom. The zero-order valence-corrected chi connectivity index (χ0v) is 17.3. The van der Waals surface area contributed by atoms with Crippen molar-refractivity contribution < 1.29 is 4.79 Å². The molecule has 7 nitrogen and oxygen atoms in total. The third kappa shape index (κ3) is 4.16. The molecule has 0 saturated heterocycles. The number of hydrogen-bond acceptors (Lipinski definition) is 4. The number of pyridine rings is 1. The molecule has 31 heavy (non-hydrogen) atoms. The maximum atomic E-state index is 13.0. The first-order valence-corrected chi connectivity index (χ1v) is 10.0. The minimum Gasteiger partial charge on any atom is -0.331 e. The van der Waals surface area contributed by atoms with Crippen molar-refractivity contribution in [2.45, 2.75) is 20.4 Å². The monoisotopic (exact) mass is 414 g/mol. The molecule has 0 unspecified atom stereocenters. The van der Waals surface area contributed by atoms with E-state index < -0.39 is 11.5 Å². The van der Waals surface area contributed by atoms with Crippen molar-refractivity contribution in [2.24, 2.45) is 0 Å². The summed E-state index contributed by atoms with van der Waals surface area (Å²) in [6.07, 6.45) is 0.